The van der Waals surface area contributed by atoms with E-state index in [2.05, 4.69) is 26.9 Å². The molecule has 2 aliphatic rings. The highest BCUT2D eigenvalue weighted by molar-refractivity contribution is 5.98. The van der Waals surface area contributed by atoms with Crippen molar-refractivity contribution in [3.63, 3.8) is 0 Å². The number of likely N-dealkylation sites (tertiary alicyclic amines) is 1. The van der Waals surface area contributed by atoms with Crippen LogP contribution in [0, 0.1) is 23.0 Å². The van der Waals surface area contributed by atoms with Crippen LogP contribution < -0.4 is 16.0 Å². The number of urea groups is 1. The van der Waals surface area contributed by atoms with E-state index in [0.717, 1.165) is 55.7 Å². The number of amides is 3. The molecule has 2 aromatic carbocycles. The lowest BCUT2D eigenvalue weighted by atomic mass is 9.87. The normalized spacial score (nSPS) is 18.5. The average molecular weight is 524 g/mol. The summed E-state index contributed by atoms with van der Waals surface area (Å²) < 4.78 is 32.6. The molecule has 2 aliphatic heterocycles. The van der Waals surface area contributed by atoms with Crippen LogP contribution in [0.3, 0.4) is 0 Å². The Hall–Kier alpha value is -3.81. The molecule has 0 unspecified atom stereocenters. The van der Waals surface area contributed by atoms with Gasteiger partial charge in [0.25, 0.3) is 5.91 Å². The molecular formula is C28H31F2N5O3. The van der Waals surface area contributed by atoms with E-state index in [1.807, 2.05) is 24.3 Å². The van der Waals surface area contributed by atoms with E-state index in [9.17, 15) is 23.6 Å². The Morgan fingerprint density at radius 3 is 2.66 bits per heavy atom. The lowest BCUT2D eigenvalue weighted by Crippen LogP contribution is -2.48. The maximum absolute atomic E-state index is 13.9. The first-order valence-corrected chi connectivity index (χ1v) is 12.6. The highest BCUT2D eigenvalue weighted by Crippen LogP contribution is 2.30. The summed E-state index contributed by atoms with van der Waals surface area (Å²) in [4.78, 5) is 27.8. The van der Waals surface area contributed by atoms with Crippen LogP contribution in [0.5, 0.6) is 0 Å². The average Bonchev–Trinajstić information content (AvgIpc) is 2.92. The van der Waals surface area contributed by atoms with Gasteiger partial charge in [-0.15, -0.1) is 0 Å². The smallest absolute Gasteiger partial charge is 0.319 e. The Bertz CT molecular complexity index is 1250. The maximum atomic E-state index is 13.9. The Labute approximate surface area is 220 Å². The molecule has 0 spiro atoms. The molecule has 0 aromatic heterocycles. The molecule has 1 fully saturated rings. The molecule has 2 aromatic rings. The first-order valence-electron chi connectivity index (χ1n) is 12.6. The van der Waals surface area contributed by atoms with Gasteiger partial charge in [-0.2, -0.15) is 5.26 Å². The molecule has 8 nitrogen and oxygen atoms in total. The molecule has 3 N–H and O–H groups in total. The van der Waals surface area contributed by atoms with Gasteiger partial charge in [0, 0.05) is 13.7 Å². The van der Waals surface area contributed by atoms with Gasteiger partial charge >= 0.3 is 6.03 Å². The van der Waals surface area contributed by atoms with Gasteiger partial charge in [0.05, 0.1) is 35.6 Å². The number of benzene rings is 2. The Morgan fingerprint density at radius 1 is 1.18 bits per heavy atom. The van der Waals surface area contributed by atoms with E-state index in [4.69, 9.17) is 4.74 Å². The fourth-order valence-corrected chi connectivity index (χ4v) is 5.11. The number of carbonyl (C=O) groups excluding carboxylic acids is 2. The number of methoxy groups -OCH3 is 1. The minimum Gasteiger partial charge on any atom is -0.378 e. The number of hydrogen-bond acceptors (Lipinski definition) is 5. The number of ether oxygens (including phenoxy) is 1. The number of hydrogen-bond donors (Lipinski definition) is 3. The molecule has 0 aliphatic carbocycles. The summed E-state index contributed by atoms with van der Waals surface area (Å²) >= 11 is 0. The highest BCUT2D eigenvalue weighted by atomic mass is 19.2. The summed E-state index contributed by atoms with van der Waals surface area (Å²) in [6, 6.07) is 11.8. The Kier molecular flexibility index (Phi) is 9.05. The van der Waals surface area contributed by atoms with Gasteiger partial charge in [-0.05, 0) is 74.1 Å². The third-order valence-electron chi connectivity index (χ3n) is 7.01. The summed E-state index contributed by atoms with van der Waals surface area (Å²) in [7, 11) is 1.44. The topological polar surface area (TPSA) is 106 Å². The van der Waals surface area contributed by atoms with Crippen molar-refractivity contribution in [1.82, 2.24) is 20.9 Å². The first kappa shape index (κ1) is 27.2. The zero-order valence-corrected chi connectivity index (χ0v) is 21.2. The molecule has 10 heteroatoms. The van der Waals surface area contributed by atoms with Crippen LogP contribution in [0.2, 0.25) is 0 Å². The van der Waals surface area contributed by atoms with Crippen molar-refractivity contribution in [1.29, 1.82) is 5.26 Å². The standard InChI is InChI=1S/C28H31F2N5O3/c1-38-17-24-25(26(34-28(37)33-24)19-7-8-22(29)23(30)15-19)27(36)32-11-4-12-35-13-9-18(10-14-35)21-6-3-2-5-20(21)16-31/h2-3,5-8,15,18,26H,4,9-14,17H2,1H3,(H,32,36)(H2,33,34,37)/t26-/m1/s1. The van der Waals surface area contributed by atoms with Crippen molar-refractivity contribution < 1.29 is 23.1 Å². The second-order valence-corrected chi connectivity index (χ2v) is 9.45. The van der Waals surface area contributed by atoms with E-state index in [-0.39, 0.29) is 23.4 Å². The minimum atomic E-state index is -1.07. The van der Waals surface area contributed by atoms with Gasteiger partial charge < -0.3 is 25.6 Å². The third-order valence-corrected chi connectivity index (χ3v) is 7.01. The molecule has 4 rings (SSSR count). The molecule has 0 bridgehead atoms. The molecule has 38 heavy (non-hydrogen) atoms. The van der Waals surface area contributed by atoms with Gasteiger partial charge in [-0.25, -0.2) is 13.6 Å². The molecular weight excluding hydrogens is 492 g/mol. The molecule has 2 heterocycles. The van der Waals surface area contributed by atoms with Gasteiger partial charge in [-0.3, -0.25) is 4.79 Å². The fourth-order valence-electron chi connectivity index (χ4n) is 5.11. The number of piperidine rings is 1. The zero-order valence-electron chi connectivity index (χ0n) is 21.2. The largest absolute Gasteiger partial charge is 0.378 e. The number of nitriles is 1. The molecule has 3 amide bonds. The van der Waals surface area contributed by atoms with Crippen molar-refractivity contribution in [2.45, 2.75) is 31.2 Å². The van der Waals surface area contributed by atoms with E-state index in [1.165, 1.54) is 13.2 Å². The van der Waals surface area contributed by atoms with E-state index >= 15 is 0 Å². The van der Waals surface area contributed by atoms with Crippen molar-refractivity contribution in [3.8, 4) is 6.07 Å². The van der Waals surface area contributed by atoms with E-state index < -0.39 is 29.6 Å². The molecule has 0 saturated carbocycles. The van der Waals surface area contributed by atoms with Crippen LogP contribution in [-0.4, -0.2) is 56.7 Å². The van der Waals surface area contributed by atoms with Gasteiger partial charge in [-0.1, -0.05) is 24.3 Å². The maximum Gasteiger partial charge on any atom is 0.319 e. The fraction of sp³-hybridized carbons (Fsp3) is 0.393. The van der Waals surface area contributed by atoms with Crippen molar-refractivity contribution in [2.75, 3.05) is 39.9 Å². The number of carbonyl (C=O) groups is 2. The van der Waals surface area contributed by atoms with Crippen LogP contribution in [0.1, 0.15) is 47.9 Å². The number of halogens is 2. The molecule has 1 saturated heterocycles. The second kappa shape index (κ2) is 12.6. The van der Waals surface area contributed by atoms with Crippen molar-refractivity contribution >= 4 is 11.9 Å². The predicted octanol–water partition coefficient (Wildman–Crippen LogP) is 3.48. The number of nitrogens with one attached hydrogen (secondary N) is 3. The van der Waals surface area contributed by atoms with Crippen LogP contribution in [0.25, 0.3) is 0 Å². The van der Waals surface area contributed by atoms with Gasteiger partial charge in [0.1, 0.15) is 0 Å². The lowest BCUT2D eigenvalue weighted by molar-refractivity contribution is -0.118. The molecule has 1 atom stereocenters. The van der Waals surface area contributed by atoms with Crippen molar-refractivity contribution in [3.05, 3.63) is 82.1 Å². The zero-order chi connectivity index (χ0) is 27.1. The summed E-state index contributed by atoms with van der Waals surface area (Å²) in [6.07, 6.45) is 2.66. The minimum absolute atomic E-state index is 0.0276. The Balaban J connectivity index is 1.34. The van der Waals surface area contributed by atoms with Crippen LogP contribution in [0.4, 0.5) is 13.6 Å². The quantitative estimate of drug-likeness (QED) is 0.437. The number of rotatable bonds is 9. The summed E-state index contributed by atoms with van der Waals surface area (Å²) in [5.41, 5.74) is 2.56. The first-order chi connectivity index (χ1) is 18.4. The van der Waals surface area contributed by atoms with E-state index in [1.54, 1.807) is 0 Å². The van der Waals surface area contributed by atoms with Gasteiger partial charge in [0.2, 0.25) is 0 Å². The Morgan fingerprint density at radius 2 is 1.95 bits per heavy atom. The second-order valence-electron chi connectivity index (χ2n) is 9.45. The van der Waals surface area contributed by atoms with Crippen LogP contribution in [-0.2, 0) is 9.53 Å². The van der Waals surface area contributed by atoms with E-state index in [0.29, 0.717) is 18.9 Å². The SMILES string of the molecule is COCC1=C(C(=O)NCCCN2CCC(c3ccccc3C#N)CC2)[C@@H](c2ccc(F)c(F)c2)NC(=O)N1. The summed E-state index contributed by atoms with van der Waals surface area (Å²) in [6.45, 7) is 3.00. The monoisotopic (exact) mass is 523 g/mol. The molecule has 0 radical (unpaired) electrons. The summed E-state index contributed by atoms with van der Waals surface area (Å²) in [5, 5.41) is 17.5. The third kappa shape index (κ3) is 6.36. The van der Waals surface area contributed by atoms with Crippen LogP contribution in [0.15, 0.2) is 53.7 Å². The highest BCUT2D eigenvalue weighted by Gasteiger charge is 2.33. The molecule has 200 valence electrons. The van der Waals surface area contributed by atoms with Gasteiger partial charge in [0.15, 0.2) is 11.6 Å². The lowest BCUT2D eigenvalue weighted by Gasteiger charge is -2.32. The summed E-state index contributed by atoms with van der Waals surface area (Å²) in [5.74, 6) is -2.14. The van der Waals surface area contributed by atoms with Crippen LogP contribution >= 0.6 is 0 Å². The predicted molar refractivity (Wildman–Crippen MR) is 137 cm³/mol. The number of nitrogens with zero attached hydrogens (tertiary/aromatic N) is 2. The van der Waals surface area contributed by atoms with Crippen molar-refractivity contribution in [2.24, 2.45) is 0 Å².